The Balaban J connectivity index is 2.63. The van der Waals surface area contributed by atoms with Gasteiger partial charge in [0.2, 0.25) is 5.91 Å². The van der Waals surface area contributed by atoms with Gasteiger partial charge in [0.25, 0.3) is 0 Å². The van der Waals surface area contributed by atoms with E-state index in [1.54, 1.807) is 43.9 Å². The zero-order chi connectivity index (χ0) is 12.8. The number of aromatic nitrogens is 1. The van der Waals surface area contributed by atoms with E-state index in [0.717, 1.165) is 0 Å². The minimum absolute atomic E-state index is 0.0357. The highest BCUT2D eigenvalue weighted by molar-refractivity contribution is 5.87. The van der Waals surface area contributed by atoms with E-state index in [1.807, 2.05) is 0 Å². The number of hydrogen-bond acceptors (Lipinski definition) is 3. The van der Waals surface area contributed by atoms with Gasteiger partial charge < -0.3 is 14.2 Å². The van der Waals surface area contributed by atoms with E-state index in [0.29, 0.717) is 25.3 Å². The van der Waals surface area contributed by atoms with Gasteiger partial charge in [0, 0.05) is 33.3 Å². The van der Waals surface area contributed by atoms with E-state index in [4.69, 9.17) is 4.74 Å². The predicted molar refractivity (Wildman–Crippen MR) is 63.7 cm³/mol. The highest BCUT2D eigenvalue weighted by atomic mass is 16.5. The lowest BCUT2D eigenvalue weighted by atomic mass is 10.3. The molecule has 0 aromatic carbocycles. The van der Waals surface area contributed by atoms with Gasteiger partial charge in [0.15, 0.2) is 0 Å². The Morgan fingerprint density at radius 1 is 1.41 bits per heavy atom. The summed E-state index contributed by atoms with van der Waals surface area (Å²) < 4.78 is 6.66. The molecule has 5 heteroatoms. The number of rotatable bonds is 5. The van der Waals surface area contributed by atoms with Crippen LogP contribution in [0, 0.1) is 0 Å². The molecule has 0 N–H and O–H groups in total. The molecule has 1 heterocycles. The second kappa shape index (κ2) is 6.08. The summed E-state index contributed by atoms with van der Waals surface area (Å²) in [5.74, 6) is -0.316. The van der Waals surface area contributed by atoms with Crippen LogP contribution in [-0.4, -0.2) is 42.0 Å². The highest BCUT2D eigenvalue weighted by Crippen LogP contribution is 2.06. The molecule has 0 bridgehead atoms. The fourth-order valence-electron chi connectivity index (χ4n) is 1.44. The molecule has 5 nitrogen and oxygen atoms in total. The van der Waals surface area contributed by atoms with Crippen molar-refractivity contribution >= 4 is 11.9 Å². The smallest absolute Gasteiger partial charge is 0.354 e. The Labute approximate surface area is 101 Å². The van der Waals surface area contributed by atoms with E-state index in [-0.39, 0.29) is 11.9 Å². The van der Waals surface area contributed by atoms with Crippen molar-refractivity contribution < 1.29 is 14.3 Å². The van der Waals surface area contributed by atoms with Crippen molar-refractivity contribution in [2.75, 3.05) is 20.7 Å². The number of ether oxygens (including phenoxy) is 1. The van der Waals surface area contributed by atoms with Gasteiger partial charge in [0.05, 0.1) is 6.61 Å². The molecule has 0 aliphatic carbocycles. The predicted octanol–water partition coefficient (Wildman–Crippen LogP) is 1.14. The van der Waals surface area contributed by atoms with Crippen molar-refractivity contribution in [2.45, 2.75) is 19.9 Å². The van der Waals surface area contributed by atoms with Crippen molar-refractivity contribution in [3.05, 3.63) is 24.0 Å². The van der Waals surface area contributed by atoms with Gasteiger partial charge in [-0.15, -0.1) is 0 Å². The minimum Gasteiger partial charge on any atom is -0.461 e. The maximum absolute atomic E-state index is 11.6. The quantitative estimate of drug-likeness (QED) is 0.723. The van der Waals surface area contributed by atoms with Crippen LogP contribution in [0.4, 0.5) is 0 Å². The summed E-state index contributed by atoms with van der Waals surface area (Å²) in [7, 11) is 3.43. The first-order valence-electron chi connectivity index (χ1n) is 5.58. The van der Waals surface area contributed by atoms with Gasteiger partial charge in [-0.2, -0.15) is 0 Å². The molecule has 0 radical (unpaired) electrons. The van der Waals surface area contributed by atoms with Crippen LogP contribution in [0.25, 0.3) is 0 Å². The van der Waals surface area contributed by atoms with Crippen LogP contribution in [0.3, 0.4) is 0 Å². The molecule has 0 saturated heterocycles. The minimum atomic E-state index is -0.352. The van der Waals surface area contributed by atoms with Crippen molar-refractivity contribution in [1.29, 1.82) is 0 Å². The summed E-state index contributed by atoms with van der Waals surface area (Å²) in [6.45, 7) is 2.60. The maximum atomic E-state index is 11.6. The fraction of sp³-hybridized carbons (Fsp3) is 0.500. The summed E-state index contributed by atoms with van der Waals surface area (Å²) in [6.07, 6.45) is 2.14. The molecule has 0 aliphatic heterocycles. The summed E-state index contributed by atoms with van der Waals surface area (Å²) in [5, 5.41) is 0. The van der Waals surface area contributed by atoms with Crippen molar-refractivity contribution in [2.24, 2.45) is 0 Å². The molecule has 0 fully saturated rings. The largest absolute Gasteiger partial charge is 0.461 e. The zero-order valence-corrected chi connectivity index (χ0v) is 10.5. The van der Waals surface area contributed by atoms with Gasteiger partial charge >= 0.3 is 5.97 Å². The SMILES string of the molecule is CCOC(=O)c1cccn1CCC(=O)N(C)C. The van der Waals surface area contributed by atoms with Crippen molar-refractivity contribution in [1.82, 2.24) is 9.47 Å². The molecule has 1 rings (SSSR count). The Hall–Kier alpha value is -1.78. The van der Waals surface area contributed by atoms with Crippen LogP contribution in [0.5, 0.6) is 0 Å². The molecule has 0 spiro atoms. The number of carbonyl (C=O) groups excluding carboxylic acids is 2. The van der Waals surface area contributed by atoms with Gasteiger partial charge in [-0.1, -0.05) is 0 Å². The summed E-state index contributed by atoms with van der Waals surface area (Å²) in [5.41, 5.74) is 0.485. The third-order valence-electron chi connectivity index (χ3n) is 2.38. The monoisotopic (exact) mass is 238 g/mol. The number of carbonyl (C=O) groups is 2. The average molecular weight is 238 g/mol. The number of esters is 1. The lowest BCUT2D eigenvalue weighted by Gasteiger charge is -2.12. The van der Waals surface area contributed by atoms with Crippen LogP contribution in [0.1, 0.15) is 23.8 Å². The van der Waals surface area contributed by atoms with Crippen LogP contribution in [-0.2, 0) is 16.1 Å². The average Bonchev–Trinajstić information content (AvgIpc) is 2.74. The molecular formula is C12H18N2O3. The molecule has 0 saturated carbocycles. The highest BCUT2D eigenvalue weighted by Gasteiger charge is 2.12. The van der Waals surface area contributed by atoms with Crippen LogP contribution in [0.2, 0.25) is 0 Å². The summed E-state index contributed by atoms with van der Waals surface area (Å²) >= 11 is 0. The Morgan fingerprint density at radius 2 is 2.12 bits per heavy atom. The topological polar surface area (TPSA) is 51.5 Å². The second-order valence-corrected chi connectivity index (χ2v) is 3.85. The molecule has 17 heavy (non-hydrogen) atoms. The number of nitrogens with zero attached hydrogens (tertiary/aromatic N) is 2. The molecule has 1 aromatic rings. The first kappa shape index (κ1) is 13.3. The van der Waals surface area contributed by atoms with Crippen LogP contribution >= 0.6 is 0 Å². The number of hydrogen-bond donors (Lipinski definition) is 0. The van der Waals surface area contributed by atoms with Gasteiger partial charge in [-0.05, 0) is 19.1 Å². The maximum Gasteiger partial charge on any atom is 0.354 e. The fourth-order valence-corrected chi connectivity index (χ4v) is 1.44. The first-order chi connectivity index (χ1) is 8.06. The molecule has 0 aliphatic rings. The van der Waals surface area contributed by atoms with Gasteiger partial charge in [0.1, 0.15) is 5.69 Å². The molecule has 0 unspecified atom stereocenters. The Kier molecular flexibility index (Phi) is 4.75. The number of aryl methyl sites for hydroxylation is 1. The molecule has 1 amide bonds. The van der Waals surface area contributed by atoms with E-state index in [2.05, 4.69) is 0 Å². The molecule has 94 valence electrons. The third-order valence-corrected chi connectivity index (χ3v) is 2.38. The molecular weight excluding hydrogens is 220 g/mol. The van der Waals surface area contributed by atoms with E-state index in [9.17, 15) is 9.59 Å². The van der Waals surface area contributed by atoms with Crippen molar-refractivity contribution in [3.8, 4) is 0 Å². The van der Waals surface area contributed by atoms with Crippen LogP contribution in [0.15, 0.2) is 18.3 Å². The Morgan fingerprint density at radius 3 is 2.71 bits per heavy atom. The molecule has 0 atom stereocenters. The summed E-state index contributed by atoms with van der Waals surface area (Å²) in [4.78, 5) is 24.5. The van der Waals surface area contributed by atoms with Gasteiger partial charge in [-0.3, -0.25) is 4.79 Å². The second-order valence-electron chi connectivity index (χ2n) is 3.85. The van der Waals surface area contributed by atoms with E-state index in [1.165, 1.54) is 4.90 Å². The van der Waals surface area contributed by atoms with Crippen molar-refractivity contribution in [3.63, 3.8) is 0 Å². The zero-order valence-electron chi connectivity index (χ0n) is 10.5. The van der Waals surface area contributed by atoms with E-state index >= 15 is 0 Å². The third kappa shape index (κ3) is 3.62. The van der Waals surface area contributed by atoms with Gasteiger partial charge in [-0.25, -0.2) is 4.79 Å². The number of amides is 1. The lowest BCUT2D eigenvalue weighted by Crippen LogP contribution is -2.23. The summed E-state index contributed by atoms with van der Waals surface area (Å²) in [6, 6.07) is 3.46. The standard InChI is InChI=1S/C12H18N2O3/c1-4-17-12(16)10-6-5-8-14(10)9-7-11(15)13(2)3/h5-6,8H,4,7,9H2,1-3H3. The van der Waals surface area contributed by atoms with Crippen LogP contribution < -0.4 is 0 Å². The van der Waals surface area contributed by atoms with E-state index < -0.39 is 0 Å². The normalized spacial score (nSPS) is 10.1. The molecule has 1 aromatic heterocycles. The first-order valence-corrected chi connectivity index (χ1v) is 5.58. The lowest BCUT2D eigenvalue weighted by molar-refractivity contribution is -0.128. The Bertz CT molecular complexity index is 396.